The highest BCUT2D eigenvalue weighted by Crippen LogP contribution is 2.23. The Morgan fingerprint density at radius 3 is 2.55 bits per heavy atom. The van der Waals surface area contributed by atoms with Crippen LogP contribution < -0.4 is 15.5 Å². The molecule has 2 unspecified atom stereocenters. The zero-order valence-corrected chi connectivity index (χ0v) is 17.0. The smallest absolute Gasteiger partial charge is 0.319 e. The van der Waals surface area contributed by atoms with E-state index in [-0.39, 0.29) is 10.9 Å². The summed E-state index contributed by atoms with van der Waals surface area (Å²) in [6.45, 7) is 3.78. The molecule has 8 heteroatoms. The SMILES string of the molecule is CC(C#N)S(=O)(=O)c1ccc(NC(=O)NCC2CCN(c3ccccc3)C2)cc1. The van der Waals surface area contributed by atoms with E-state index in [0.29, 0.717) is 18.2 Å². The van der Waals surface area contributed by atoms with Crippen molar-refractivity contribution in [1.29, 1.82) is 5.26 Å². The summed E-state index contributed by atoms with van der Waals surface area (Å²) in [7, 11) is -3.68. The van der Waals surface area contributed by atoms with Crippen molar-refractivity contribution in [1.82, 2.24) is 5.32 Å². The highest BCUT2D eigenvalue weighted by atomic mass is 32.2. The van der Waals surface area contributed by atoms with Gasteiger partial charge in [0.05, 0.1) is 11.0 Å². The maximum atomic E-state index is 12.2. The molecule has 29 heavy (non-hydrogen) atoms. The lowest BCUT2D eigenvalue weighted by molar-refractivity contribution is 0.250. The molecule has 0 bridgehead atoms. The normalized spacial score (nSPS) is 17.4. The van der Waals surface area contributed by atoms with E-state index in [0.717, 1.165) is 19.5 Å². The molecular formula is C21H24N4O3S. The van der Waals surface area contributed by atoms with E-state index in [2.05, 4.69) is 27.7 Å². The topological polar surface area (TPSA) is 102 Å². The van der Waals surface area contributed by atoms with Crippen LogP contribution in [0.5, 0.6) is 0 Å². The predicted octanol–water partition coefficient (Wildman–Crippen LogP) is 3.02. The number of rotatable bonds is 6. The van der Waals surface area contributed by atoms with Crippen LogP contribution in [-0.2, 0) is 9.84 Å². The molecule has 0 radical (unpaired) electrons. The Bertz CT molecular complexity index is 985. The molecule has 0 saturated carbocycles. The monoisotopic (exact) mass is 412 g/mol. The van der Waals surface area contributed by atoms with Crippen LogP contribution in [0, 0.1) is 17.2 Å². The first kappa shape index (κ1) is 20.7. The minimum absolute atomic E-state index is 0.0597. The van der Waals surface area contributed by atoms with E-state index in [4.69, 9.17) is 5.26 Å². The van der Waals surface area contributed by atoms with E-state index in [1.807, 2.05) is 18.2 Å². The zero-order chi connectivity index (χ0) is 20.9. The minimum Gasteiger partial charge on any atom is -0.371 e. The Labute approximate surface area is 171 Å². The van der Waals surface area contributed by atoms with Gasteiger partial charge in [0.1, 0.15) is 5.25 Å². The van der Waals surface area contributed by atoms with Crippen molar-refractivity contribution in [2.45, 2.75) is 23.5 Å². The molecule has 2 atom stereocenters. The molecule has 0 aliphatic carbocycles. The van der Waals surface area contributed by atoms with Gasteiger partial charge >= 0.3 is 6.03 Å². The molecule has 2 amide bonds. The van der Waals surface area contributed by atoms with Crippen molar-refractivity contribution >= 4 is 27.2 Å². The second-order valence-electron chi connectivity index (χ2n) is 7.11. The van der Waals surface area contributed by atoms with Crippen LogP contribution >= 0.6 is 0 Å². The molecule has 1 heterocycles. The van der Waals surface area contributed by atoms with E-state index in [1.54, 1.807) is 6.07 Å². The van der Waals surface area contributed by atoms with Crippen molar-refractivity contribution < 1.29 is 13.2 Å². The van der Waals surface area contributed by atoms with Crippen molar-refractivity contribution in [3.63, 3.8) is 0 Å². The van der Waals surface area contributed by atoms with Gasteiger partial charge in [-0.1, -0.05) is 18.2 Å². The first-order chi connectivity index (χ1) is 13.9. The molecule has 1 fully saturated rings. The predicted molar refractivity (Wildman–Crippen MR) is 112 cm³/mol. The van der Waals surface area contributed by atoms with Gasteiger partial charge in [0.25, 0.3) is 0 Å². The lowest BCUT2D eigenvalue weighted by Crippen LogP contribution is -2.34. The van der Waals surface area contributed by atoms with E-state index in [1.165, 1.54) is 36.9 Å². The van der Waals surface area contributed by atoms with Gasteiger partial charge in [-0.3, -0.25) is 0 Å². The van der Waals surface area contributed by atoms with Gasteiger partial charge in [0.2, 0.25) is 0 Å². The summed E-state index contributed by atoms with van der Waals surface area (Å²) in [6.07, 6.45) is 1.01. The molecule has 2 aromatic rings. The van der Waals surface area contributed by atoms with Gasteiger partial charge in [0.15, 0.2) is 9.84 Å². The zero-order valence-electron chi connectivity index (χ0n) is 16.2. The molecular weight excluding hydrogens is 388 g/mol. The number of benzene rings is 2. The maximum absolute atomic E-state index is 12.2. The molecule has 0 aromatic heterocycles. The van der Waals surface area contributed by atoms with Gasteiger partial charge in [-0.2, -0.15) is 5.26 Å². The number of para-hydroxylation sites is 1. The van der Waals surface area contributed by atoms with Gasteiger partial charge in [-0.25, -0.2) is 13.2 Å². The average Bonchev–Trinajstić information content (AvgIpc) is 3.22. The quantitative estimate of drug-likeness (QED) is 0.759. The number of urea groups is 1. The highest BCUT2D eigenvalue weighted by molar-refractivity contribution is 7.92. The lowest BCUT2D eigenvalue weighted by atomic mass is 10.1. The Morgan fingerprint density at radius 1 is 1.21 bits per heavy atom. The van der Waals surface area contributed by atoms with Crippen LogP contribution in [0.3, 0.4) is 0 Å². The number of nitrogens with zero attached hydrogens (tertiary/aromatic N) is 2. The van der Waals surface area contributed by atoms with Crippen LogP contribution in [0.25, 0.3) is 0 Å². The third-order valence-electron chi connectivity index (χ3n) is 5.05. The molecule has 2 N–H and O–H groups in total. The second kappa shape index (κ2) is 8.97. The molecule has 3 rings (SSSR count). The summed E-state index contributed by atoms with van der Waals surface area (Å²) in [4.78, 5) is 14.5. The average molecular weight is 413 g/mol. The molecule has 1 aliphatic rings. The van der Waals surface area contributed by atoms with Crippen LogP contribution in [0.2, 0.25) is 0 Å². The Balaban J connectivity index is 1.48. The molecule has 2 aromatic carbocycles. The van der Waals surface area contributed by atoms with E-state index in [9.17, 15) is 13.2 Å². The van der Waals surface area contributed by atoms with Crippen molar-refractivity contribution in [3.8, 4) is 6.07 Å². The number of carbonyl (C=O) groups excluding carboxylic acids is 1. The molecule has 1 saturated heterocycles. The number of sulfone groups is 1. The molecule has 1 aliphatic heterocycles. The van der Waals surface area contributed by atoms with E-state index >= 15 is 0 Å². The number of nitriles is 1. The van der Waals surface area contributed by atoms with Gasteiger partial charge < -0.3 is 15.5 Å². The number of carbonyl (C=O) groups is 1. The van der Waals surface area contributed by atoms with Crippen LogP contribution in [0.15, 0.2) is 59.5 Å². The first-order valence-corrected chi connectivity index (χ1v) is 11.0. The fraction of sp³-hybridized carbons (Fsp3) is 0.333. The van der Waals surface area contributed by atoms with Crippen molar-refractivity contribution in [3.05, 3.63) is 54.6 Å². The third-order valence-corrected chi connectivity index (χ3v) is 7.01. The summed E-state index contributed by atoms with van der Waals surface area (Å²) in [6, 6.07) is 17.4. The summed E-state index contributed by atoms with van der Waals surface area (Å²) in [5, 5.41) is 13.3. The Morgan fingerprint density at radius 2 is 1.90 bits per heavy atom. The van der Waals surface area contributed by atoms with E-state index < -0.39 is 15.1 Å². The van der Waals surface area contributed by atoms with Crippen LogP contribution in [-0.4, -0.2) is 39.3 Å². The number of hydrogen-bond acceptors (Lipinski definition) is 5. The van der Waals surface area contributed by atoms with Crippen LogP contribution in [0.4, 0.5) is 16.2 Å². The summed E-state index contributed by atoms with van der Waals surface area (Å²) >= 11 is 0. The van der Waals surface area contributed by atoms with Gasteiger partial charge in [0, 0.05) is 31.0 Å². The fourth-order valence-corrected chi connectivity index (χ4v) is 4.35. The maximum Gasteiger partial charge on any atom is 0.319 e. The number of anilines is 2. The summed E-state index contributed by atoms with van der Waals surface area (Å²) in [5.74, 6) is 0.376. The molecule has 152 valence electrons. The number of nitrogens with one attached hydrogen (secondary N) is 2. The standard InChI is InChI=1S/C21H24N4O3S/c1-16(13-22)29(27,28)20-9-7-18(8-10-20)24-21(26)23-14-17-11-12-25(15-17)19-5-3-2-4-6-19/h2-10,16-17H,11-12,14-15H2,1H3,(H2,23,24,26). The minimum atomic E-state index is -3.68. The summed E-state index contributed by atoms with van der Waals surface area (Å²) < 4.78 is 24.3. The number of hydrogen-bond donors (Lipinski definition) is 2. The fourth-order valence-electron chi connectivity index (χ4n) is 3.29. The van der Waals surface area contributed by atoms with Gasteiger partial charge in [-0.05, 0) is 55.7 Å². The van der Waals surface area contributed by atoms with Gasteiger partial charge in [-0.15, -0.1) is 0 Å². The molecule has 7 nitrogen and oxygen atoms in total. The lowest BCUT2D eigenvalue weighted by Gasteiger charge is -2.18. The van der Waals surface area contributed by atoms with Crippen LogP contribution in [0.1, 0.15) is 13.3 Å². The highest BCUT2D eigenvalue weighted by Gasteiger charge is 2.24. The molecule has 0 spiro atoms. The second-order valence-corrected chi connectivity index (χ2v) is 9.38. The van der Waals surface area contributed by atoms with Crippen molar-refractivity contribution in [2.75, 3.05) is 29.9 Å². The largest absolute Gasteiger partial charge is 0.371 e. The Kier molecular flexibility index (Phi) is 6.39. The van der Waals surface area contributed by atoms with Crippen molar-refractivity contribution in [2.24, 2.45) is 5.92 Å². The Hall–Kier alpha value is -3.05. The number of amides is 2. The first-order valence-electron chi connectivity index (χ1n) is 9.48. The third kappa shape index (κ3) is 5.06. The summed E-state index contributed by atoms with van der Waals surface area (Å²) in [5.41, 5.74) is 1.68.